The number of para-hydroxylation sites is 2. The second kappa shape index (κ2) is 15.4. The molecule has 0 unspecified atom stereocenters. The molecule has 0 bridgehead atoms. The Bertz CT molecular complexity index is 3200. The van der Waals surface area contributed by atoms with E-state index in [1.807, 2.05) is 0 Å². The first-order valence-corrected chi connectivity index (χ1v) is 21.6. The summed E-state index contributed by atoms with van der Waals surface area (Å²) < 4.78 is 0. The molecule has 0 heterocycles. The number of fused-ring (bicyclic) bond motifs is 5. The van der Waals surface area contributed by atoms with Crippen LogP contribution in [0.2, 0.25) is 0 Å². The Balaban J connectivity index is 0.960. The van der Waals surface area contributed by atoms with Gasteiger partial charge >= 0.3 is 0 Å². The van der Waals surface area contributed by atoms with Crippen molar-refractivity contribution in [3.8, 4) is 44.5 Å². The van der Waals surface area contributed by atoms with Crippen molar-refractivity contribution in [1.82, 2.24) is 0 Å². The van der Waals surface area contributed by atoms with Gasteiger partial charge in [0, 0.05) is 22.5 Å². The number of hydrogen-bond donors (Lipinski definition) is 0. The maximum absolute atomic E-state index is 2.40. The zero-order valence-corrected chi connectivity index (χ0v) is 35.0. The monoisotopic (exact) mass is 791 g/mol. The molecule has 11 rings (SSSR count). The van der Waals surface area contributed by atoms with E-state index < -0.39 is 0 Å². The SMILES string of the molecule is CC1(C)c2cc(C=Cc3ccc(-c4ccc(-c5ccccc5)c5c(-c6ccccc6)cccc45)c4ccccc34)ccc2-c2ccc(N(c3ccccc3)c3ccccc3)cc21. The molecule has 0 aromatic heterocycles. The van der Waals surface area contributed by atoms with Gasteiger partial charge in [-0.05, 0) is 125 Å². The van der Waals surface area contributed by atoms with E-state index in [-0.39, 0.29) is 5.41 Å². The molecular weight excluding hydrogens is 747 g/mol. The van der Waals surface area contributed by atoms with Gasteiger partial charge in [-0.25, -0.2) is 0 Å². The summed E-state index contributed by atoms with van der Waals surface area (Å²) in [4.78, 5) is 2.35. The Morgan fingerprint density at radius 3 is 1.48 bits per heavy atom. The molecule has 0 fully saturated rings. The summed E-state index contributed by atoms with van der Waals surface area (Å²) in [6, 6.07) is 81.8. The van der Waals surface area contributed by atoms with Crippen molar-refractivity contribution in [2.45, 2.75) is 19.3 Å². The van der Waals surface area contributed by atoms with Gasteiger partial charge in [0.05, 0.1) is 0 Å². The van der Waals surface area contributed by atoms with Crippen molar-refractivity contribution in [3.05, 3.63) is 247 Å². The van der Waals surface area contributed by atoms with Crippen LogP contribution in [-0.2, 0) is 5.41 Å². The van der Waals surface area contributed by atoms with Gasteiger partial charge in [0.25, 0.3) is 0 Å². The van der Waals surface area contributed by atoms with Gasteiger partial charge < -0.3 is 4.90 Å². The number of rotatable bonds is 8. The molecule has 0 radical (unpaired) electrons. The van der Waals surface area contributed by atoms with Crippen LogP contribution in [-0.4, -0.2) is 0 Å². The normalized spacial score (nSPS) is 12.7. The Hall–Kier alpha value is -7.74. The molecule has 10 aromatic rings. The van der Waals surface area contributed by atoms with E-state index in [2.05, 4.69) is 255 Å². The molecule has 62 heavy (non-hydrogen) atoms. The topological polar surface area (TPSA) is 3.24 Å². The van der Waals surface area contributed by atoms with Crippen LogP contribution in [0.1, 0.15) is 36.1 Å². The molecule has 0 atom stereocenters. The summed E-state index contributed by atoms with van der Waals surface area (Å²) in [6.07, 6.45) is 4.58. The largest absolute Gasteiger partial charge is 0.310 e. The third-order valence-electron chi connectivity index (χ3n) is 12.9. The molecule has 10 aromatic carbocycles. The van der Waals surface area contributed by atoms with Gasteiger partial charge in [-0.15, -0.1) is 0 Å². The number of benzene rings is 10. The second-order valence-electron chi connectivity index (χ2n) is 16.9. The Kier molecular flexibility index (Phi) is 9.24. The van der Waals surface area contributed by atoms with Gasteiger partial charge in [-0.1, -0.05) is 214 Å². The van der Waals surface area contributed by atoms with Gasteiger partial charge in [-0.3, -0.25) is 0 Å². The third kappa shape index (κ3) is 6.42. The quantitative estimate of drug-likeness (QED) is 0.139. The molecule has 0 amide bonds. The summed E-state index contributed by atoms with van der Waals surface area (Å²) >= 11 is 0. The summed E-state index contributed by atoms with van der Waals surface area (Å²) in [6.45, 7) is 4.74. The number of anilines is 3. The lowest BCUT2D eigenvalue weighted by molar-refractivity contribution is 0.660. The molecule has 0 spiro atoms. The molecular formula is C61H45N. The zero-order chi connectivity index (χ0) is 41.6. The first-order valence-electron chi connectivity index (χ1n) is 21.6. The second-order valence-corrected chi connectivity index (χ2v) is 16.9. The van der Waals surface area contributed by atoms with Crippen LogP contribution in [0.4, 0.5) is 17.1 Å². The lowest BCUT2D eigenvalue weighted by atomic mass is 9.81. The minimum absolute atomic E-state index is 0.170. The maximum atomic E-state index is 2.40. The highest BCUT2D eigenvalue weighted by molar-refractivity contribution is 6.15. The first kappa shape index (κ1) is 37.3. The molecule has 1 nitrogen and oxygen atoms in total. The first-order chi connectivity index (χ1) is 30.5. The van der Waals surface area contributed by atoms with Crippen LogP contribution in [0.25, 0.3) is 78.2 Å². The van der Waals surface area contributed by atoms with Crippen LogP contribution >= 0.6 is 0 Å². The average molecular weight is 792 g/mol. The van der Waals surface area contributed by atoms with Crippen LogP contribution in [0.15, 0.2) is 224 Å². The standard InChI is InChI=1S/C61H45N/c1-61(2)58-40-42(31-35-55(58)56-37-34-48(41-59(56)61)62(46-22-11-5-12-23-46)47-24-13-6-14-25-47)30-32-45-33-36-53(52-27-16-15-26-49(45)52)54-39-38-51(44-20-9-4-10-21-44)60-50(28-17-29-57(54)60)43-18-7-3-8-19-43/h3-41H,1-2H3. The fourth-order valence-corrected chi connectivity index (χ4v) is 9.83. The Labute approximate surface area is 364 Å². The lowest BCUT2D eigenvalue weighted by Gasteiger charge is -2.28. The number of nitrogens with zero attached hydrogens (tertiary/aromatic N) is 1. The van der Waals surface area contributed by atoms with Gasteiger partial charge in [0.15, 0.2) is 0 Å². The van der Waals surface area contributed by atoms with E-state index in [1.54, 1.807) is 0 Å². The molecule has 294 valence electrons. The zero-order valence-electron chi connectivity index (χ0n) is 35.0. The number of hydrogen-bond acceptors (Lipinski definition) is 1. The molecule has 1 aliphatic carbocycles. The molecule has 0 N–H and O–H groups in total. The van der Waals surface area contributed by atoms with Crippen molar-refractivity contribution < 1.29 is 0 Å². The summed E-state index contributed by atoms with van der Waals surface area (Å²) in [7, 11) is 0. The van der Waals surface area contributed by atoms with E-state index in [1.165, 1.54) is 88.3 Å². The minimum atomic E-state index is -0.170. The molecule has 1 aliphatic rings. The van der Waals surface area contributed by atoms with Crippen LogP contribution in [0.3, 0.4) is 0 Å². The van der Waals surface area contributed by atoms with Crippen molar-refractivity contribution in [1.29, 1.82) is 0 Å². The Morgan fingerprint density at radius 2 is 0.823 bits per heavy atom. The third-order valence-corrected chi connectivity index (χ3v) is 12.9. The van der Waals surface area contributed by atoms with Crippen LogP contribution < -0.4 is 4.90 Å². The lowest BCUT2D eigenvalue weighted by Crippen LogP contribution is -2.16. The minimum Gasteiger partial charge on any atom is -0.310 e. The molecule has 1 heteroatoms. The van der Waals surface area contributed by atoms with Crippen LogP contribution in [0, 0.1) is 0 Å². The smallest absolute Gasteiger partial charge is 0.0465 e. The van der Waals surface area contributed by atoms with E-state index in [0.717, 1.165) is 17.1 Å². The van der Waals surface area contributed by atoms with E-state index in [9.17, 15) is 0 Å². The van der Waals surface area contributed by atoms with Gasteiger partial charge in [0.2, 0.25) is 0 Å². The van der Waals surface area contributed by atoms with Crippen LogP contribution in [0.5, 0.6) is 0 Å². The highest BCUT2D eigenvalue weighted by Gasteiger charge is 2.36. The fourth-order valence-electron chi connectivity index (χ4n) is 9.83. The predicted molar refractivity (Wildman–Crippen MR) is 265 cm³/mol. The van der Waals surface area contributed by atoms with Crippen molar-refractivity contribution >= 4 is 50.8 Å². The van der Waals surface area contributed by atoms with E-state index in [4.69, 9.17) is 0 Å². The van der Waals surface area contributed by atoms with Crippen molar-refractivity contribution in [2.24, 2.45) is 0 Å². The molecule has 0 aliphatic heterocycles. The fraction of sp³-hybridized carbons (Fsp3) is 0.0492. The van der Waals surface area contributed by atoms with Gasteiger partial charge in [-0.2, -0.15) is 0 Å². The van der Waals surface area contributed by atoms with E-state index in [0.29, 0.717) is 0 Å². The van der Waals surface area contributed by atoms with Crippen molar-refractivity contribution in [3.63, 3.8) is 0 Å². The van der Waals surface area contributed by atoms with E-state index >= 15 is 0 Å². The predicted octanol–water partition coefficient (Wildman–Crippen LogP) is 16.9. The highest BCUT2D eigenvalue weighted by Crippen LogP contribution is 2.51. The summed E-state index contributed by atoms with van der Waals surface area (Å²) in [5, 5.41) is 5.01. The summed E-state index contributed by atoms with van der Waals surface area (Å²) in [5.41, 5.74) is 18.4. The van der Waals surface area contributed by atoms with Gasteiger partial charge in [0.1, 0.15) is 0 Å². The Morgan fingerprint density at radius 1 is 0.339 bits per heavy atom. The average Bonchev–Trinajstić information content (AvgIpc) is 3.56. The maximum Gasteiger partial charge on any atom is 0.0465 e. The summed E-state index contributed by atoms with van der Waals surface area (Å²) in [5.74, 6) is 0. The highest BCUT2D eigenvalue weighted by atomic mass is 15.1. The molecule has 0 saturated carbocycles. The van der Waals surface area contributed by atoms with Crippen molar-refractivity contribution in [2.75, 3.05) is 4.90 Å². The molecule has 0 saturated heterocycles.